The van der Waals surface area contributed by atoms with Crippen LogP contribution >= 0.6 is 0 Å². The smallest absolute Gasteiger partial charge is 0.129 e. The maximum absolute atomic E-state index is 13.6. The van der Waals surface area contributed by atoms with Crippen molar-refractivity contribution in [2.45, 2.75) is 70.8 Å². The Balaban J connectivity index is 2.29. The summed E-state index contributed by atoms with van der Waals surface area (Å²) in [6.45, 7) is 2.22. The first-order chi connectivity index (χ1) is 10.2. The molecule has 0 saturated heterocycles. The summed E-state index contributed by atoms with van der Waals surface area (Å²) in [5.41, 5.74) is 0.208. The van der Waals surface area contributed by atoms with Gasteiger partial charge in [0.25, 0.3) is 0 Å². The number of unbranched alkanes of at least 4 members (excludes halogenated alkanes) is 6. The SMILES string of the molecule is CCCCCCCCCC(Cc1c(F)cccc1F)NC. The van der Waals surface area contributed by atoms with Gasteiger partial charge in [-0.2, -0.15) is 0 Å². The Bertz CT molecular complexity index is 373. The van der Waals surface area contributed by atoms with Crippen molar-refractivity contribution in [3.8, 4) is 0 Å². The lowest BCUT2D eigenvalue weighted by Gasteiger charge is -2.17. The van der Waals surface area contributed by atoms with Gasteiger partial charge in [0.05, 0.1) is 0 Å². The molecular weight excluding hydrogens is 268 g/mol. The first-order valence-electron chi connectivity index (χ1n) is 8.29. The van der Waals surface area contributed by atoms with Gasteiger partial charge in [-0.25, -0.2) is 8.78 Å². The van der Waals surface area contributed by atoms with Crippen LogP contribution in [0.5, 0.6) is 0 Å². The minimum Gasteiger partial charge on any atom is -0.317 e. The van der Waals surface area contributed by atoms with Gasteiger partial charge >= 0.3 is 0 Å². The molecule has 1 N–H and O–H groups in total. The van der Waals surface area contributed by atoms with E-state index >= 15 is 0 Å². The van der Waals surface area contributed by atoms with Crippen molar-refractivity contribution < 1.29 is 8.78 Å². The number of hydrogen-bond donors (Lipinski definition) is 1. The van der Waals surface area contributed by atoms with Crippen molar-refractivity contribution in [2.75, 3.05) is 7.05 Å². The lowest BCUT2D eigenvalue weighted by molar-refractivity contribution is 0.458. The first-order valence-corrected chi connectivity index (χ1v) is 8.29. The second kappa shape index (κ2) is 10.7. The van der Waals surface area contributed by atoms with Gasteiger partial charge < -0.3 is 5.32 Å². The highest BCUT2D eigenvalue weighted by atomic mass is 19.1. The second-order valence-electron chi connectivity index (χ2n) is 5.80. The molecule has 0 aliphatic rings. The summed E-state index contributed by atoms with van der Waals surface area (Å²) in [5.74, 6) is -0.871. The molecule has 1 aromatic carbocycles. The van der Waals surface area contributed by atoms with Crippen LogP contribution in [0.2, 0.25) is 0 Å². The predicted molar refractivity (Wildman–Crippen MR) is 85.5 cm³/mol. The van der Waals surface area contributed by atoms with Crippen LogP contribution in [0.4, 0.5) is 8.78 Å². The third kappa shape index (κ3) is 7.03. The van der Waals surface area contributed by atoms with Crippen molar-refractivity contribution in [2.24, 2.45) is 0 Å². The number of likely N-dealkylation sites (N-methyl/N-ethyl adjacent to an activating group) is 1. The van der Waals surface area contributed by atoms with Crippen molar-refractivity contribution >= 4 is 0 Å². The van der Waals surface area contributed by atoms with Gasteiger partial charge in [-0.15, -0.1) is 0 Å². The van der Waals surface area contributed by atoms with Crippen LogP contribution in [-0.4, -0.2) is 13.1 Å². The second-order valence-corrected chi connectivity index (χ2v) is 5.80. The standard InChI is InChI=1S/C18H29F2N/c1-3-4-5-6-7-8-9-11-15(21-2)14-16-17(19)12-10-13-18(16)20/h10,12-13,15,21H,3-9,11,14H2,1-2H3. The molecule has 0 fully saturated rings. The first kappa shape index (κ1) is 18.1. The molecule has 0 aliphatic carbocycles. The molecule has 0 saturated carbocycles. The Morgan fingerprint density at radius 3 is 2.10 bits per heavy atom. The highest BCUT2D eigenvalue weighted by Crippen LogP contribution is 2.17. The Labute approximate surface area is 128 Å². The van der Waals surface area contributed by atoms with Crippen LogP contribution in [0.15, 0.2) is 18.2 Å². The van der Waals surface area contributed by atoms with Gasteiger partial charge in [0.1, 0.15) is 11.6 Å². The van der Waals surface area contributed by atoms with E-state index in [4.69, 9.17) is 0 Å². The number of nitrogens with one attached hydrogen (secondary N) is 1. The van der Waals surface area contributed by atoms with Gasteiger partial charge in [0.2, 0.25) is 0 Å². The molecule has 0 heterocycles. The fraction of sp³-hybridized carbons (Fsp3) is 0.667. The summed E-state index contributed by atoms with van der Waals surface area (Å²) in [6, 6.07) is 4.23. The number of halogens is 2. The van der Waals surface area contributed by atoms with Gasteiger partial charge in [-0.3, -0.25) is 0 Å². The molecule has 120 valence electrons. The zero-order valence-electron chi connectivity index (χ0n) is 13.4. The number of benzene rings is 1. The molecule has 0 spiro atoms. The van der Waals surface area contributed by atoms with E-state index in [-0.39, 0.29) is 11.6 Å². The lowest BCUT2D eigenvalue weighted by atomic mass is 9.99. The van der Waals surface area contributed by atoms with E-state index in [1.54, 1.807) is 0 Å². The van der Waals surface area contributed by atoms with E-state index < -0.39 is 11.6 Å². The highest BCUT2D eigenvalue weighted by Gasteiger charge is 2.14. The van der Waals surface area contributed by atoms with E-state index in [0.717, 1.165) is 12.8 Å². The van der Waals surface area contributed by atoms with Crippen LogP contribution in [0.1, 0.15) is 63.9 Å². The zero-order chi connectivity index (χ0) is 15.5. The van der Waals surface area contributed by atoms with Crippen molar-refractivity contribution in [3.05, 3.63) is 35.4 Å². The third-order valence-corrected chi connectivity index (χ3v) is 4.08. The molecule has 0 aliphatic heterocycles. The summed E-state index contributed by atoms with van der Waals surface area (Å²) in [5, 5.41) is 3.18. The largest absolute Gasteiger partial charge is 0.317 e. The number of hydrogen-bond acceptors (Lipinski definition) is 1. The van der Waals surface area contributed by atoms with Crippen LogP contribution in [0, 0.1) is 11.6 Å². The molecule has 1 aromatic rings. The Kier molecular flexibility index (Phi) is 9.24. The van der Waals surface area contributed by atoms with Crippen molar-refractivity contribution in [1.82, 2.24) is 5.32 Å². The average molecular weight is 297 g/mol. The predicted octanol–water partition coefficient (Wildman–Crippen LogP) is 5.24. The van der Waals surface area contributed by atoms with E-state index in [1.165, 1.54) is 56.7 Å². The van der Waals surface area contributed by atoms with Gasteiger partial charge in [-0.05, 0) is 32.0 Å². The summed E-state index contributed by atoms with van der Waals surface area (Å²) in [7, 11) is 1.87. The molecule has 0 bridgehead atoms. The molecular formula is C18H29F2N. The average Bonchev–Trinajstić information content (AvgIpc) is 2.48. The van der Waals surface area contributed by atoms with Crippen LogP contribution in [-0.2, 0) is 6.42 Å². The summed E-state index contributed by atoms with van der Waals surface area (Å²) in [6.07, 6.45) is 10.2. The van der Waals surface area contributed by atoms with Gasteiger partial charge in [0, 0.05) is 11.6 Å². The molecule has 1 rings (SSSR count). The topological polar surface area (TPSA) is 12.0 Å². The minimum atomic E-state index is -0.435. The molecule has 0 amide bonds. The molecule has 3 heteroatoms. The summed E-state index contributed by atoms with van der Waals surface area (Å²) >= 11 is 0. The summed E-state index contributed by atoms with van der Waals surface area (Å²) < 4.78 is 27.3. The monoisotopic (exact) mass is 297 g/mol. The quantitative estimate of drug-likeness (QED) is 0.551. The van der Waals surface area contributed by atoms with E-state index in [9.17, 15) is 8.78 Å². The molecule has 1 nitrogen and oxygen atoms in total. The zero-order valence-corrected chi connectivity index (χ0v) is 13.4. The van der Waals surface area contributed by atoms with Crippen molar-refractivity contribution in [3.63, 3.8) is 0 Å². The van der Waals surface area contributed by atoms with Gasteiger partial charge in [0.15, 0.2) is 0 Å². The molecule has 1 unspecified atom stereocenters. The Hall–Kier alpha value is -0.960. The van der Waals surface area contributed by atoms with Crippen LogP contribution in [0.3, 0.4) is 0 Å². The van der Waals surface area contributed by atoms with E-state index in [2.05, 4.69) is 12.2 Å². The number of rotatable bonds is 11. The van der Waals surface area contributed by atoms with Crippen LogP contribution < -0.4 is 5.32 Å². The normalized spacial score (nSPS) is 12.6. The van der Waals surface area contributed by atoms with Crippen molar-refractivity contribution in [1.29, 1.82) is 0 Å². The fourth-order valence-corrected chi connectivity index (χ4v) is 2.67. The third-order valence-electron chi connectivity index (χ3n) is 4.08. The van der Waals surface area contributed by atoms with E-state index in [1.807, 2.05) is 7.05 Å². The molecule has 1 atom stereocenters. The molecule has 0 aromatic heterocycles. The van der Waals surface area contributed by atoms with Gasteiger partial charge in [-0.1, -0.05) is 57.9 Å². The molecule has 21 heavy (non-hydrogen) atoms. The van der Waals surface area contributed by atoms with E-state index in [0.29, 0.717) is 6.42 Å². The lowest BCUT2D eigenvalue weighted by Crippen LogP contribution is -2.28. The Morgan fingerprint density at radius 2 is 1.52 bits per heavy atom. The maximum atomic E-state index is 13.6. The Morgan fingerprint density at radius 1 is 0.952 bits per heavy atom. The minimum absolute atomic E-state index is 0.145. The highest BCUT2D eigenvalue weighted by molar-refractivity contribution is 5.20. The fourth-order valence-electron chi connectivity index (χ4n) is 2.67. The maximum Gasteiger partial charge on any atom is 0.129 e. The molecule has 0 radical (unpaired) electrons. The van der Waals surface area contributed by atoms with Crippen LogP contribution in [0.25, 0.3) is 0 Å². The summed E-state index contributed by atoms with van der Waals surface area (Å²) in [4.78, 5) is 0.